The van der Waals surface area contributed by atoms with E-state index in [-0.39, 0.29) is 6.61 Å². The first kappa shape index (κ1) is 9.71. The third kappa shape index (κ3) is 1.69. The summed E-state index contributed by atoms with van der Waals surface area (Å²) in [5.74, 6) is 0. The molecular formula is C11H9ClOS. The fourth-order valence-corrected chi connectivity index (χ4v) is 2.45. The van der Waals surface area contributed by atoms with E-state index >= 15 is 0 Å². The van der Waals surface area contributed by atoms with Crippen molar-refractivity contribution in [3.63, 3.8) is 0 Å². The van der Waals surface area contributed by atoms with Gasteiger partial charge >= 0.3 is 0 Å². The standard InChI is InChI=1S/C11H9ClOS/c12-11-4-2-1-3-9(11)10-7-14-6-8(10)5-13/h1-4,6-7,13H,5H2. The molecule has 0 fully saturated rings. The summed E-state index contributed by atoms with van der Waals surface area (Å²) in [6.45, 7) is 0.0596. The van der Waals surface area contributed by atoms with Crippen molar-refractivity contribution in [2.24, 2.45) is 0 Å². The lowest BCUT2D eigenvalue weighted by molar-refractivity contribution is 0.283. The second kappa shape index (κ2) is 4.13. The van der Waals surface area contributed by atoms with E-state index in [1.54, 1.807) is 11.3 Å². The first-order valence-electron chi connectivity index (χ1n) is 4.23. The average Bonchev–Trinajstić information content (AvgIpc) is 2.66. The van der Waals surface area contributed by atoms with Crippen molar-refractivity contribution in [1.29, 1.82) is 0 Å². The number of hydrogen-bond acceptors (Lipinski definition) is 2. The number of aliphatic hydroxyl groups is 1. The molecule has 14 heavy (non-hydrogen) atoms. The van der Waals surface area contributed by atoms with Crippen molar-refractivity contribution >= 4 is 22.9 Å². The van der Waals surface area contributed by atoms with E-state index < -0.39 is 0 Å². The molecule has 0 atom stereocenters. The molecule has 0 aliphatic heterocycles. The zero-order chi connectivity index (χ0) is 9.97. The molecule has 0 bridgehead atoms. The van der Waals surface area contributed by atoms with E-state index in [2.05, 4.69) is 0 Å². The Morgan fingerprint density at radius 2 is 1.93 bits per heavy atom. The highest BCUT2D eigenvalue weighted by molar-refractivity contribution is 7.08. The van der Waals surface area contributed by atoms with Gasteiger partial charge in [-0.3, -0.25) is 0 Å². The van der Waals surface area contributed by atoms with Crippen molar-refractivity contribution in [1.82, 2.24) is 0 Å². The van der Waals surface area contributed by atoms with Gasteiger partial charge in [-0.1, -0.05) is 29.8 Å². The molecule has 72 valence electrons. The van der Waals surface area contributed by atoms with Crippen LogP contribution >= 0.6 is 22.9 Å². The van der Waals surface area contributed by atoms with E-state index in [9.17, 15) is 0 Å². The molecule has 1 N–H and O–H groups in total. The van der Waals surface area contributed by atoms with Gasteiger partial charge in [0.1, 0.15) is 0 Å². The monoisotopic (exact) mass is 224 g/mol. The fraction of sp³-hybridized carbons (Fsp3) is 0.0909. The number of hydrogen-bond donors (Lipinski definition) is 1. The topological polar surface area (TPSA) is 20.2 Å². The molecule has 1 aromatic heterocycles. The molecular weight excluding hydrogens is 216 g/mol. The fourth-order valence-electron chi connectivity index (χ4n) is 1.36. The first-order valence-corrected chi connectivity index (χ1v) is 5.56. The summed E-state index contributed by atoms with van der Waals surface area (Å²) in [4.78, 5) is 0. The van der Waals surface area contributed by atoms with Crippen LogP contribution in [0.15, 0.2) is 35.0 Å². The Bertz CT molecular complexity index is 436. The average molecular weight is 225 g/mol. The SMILES string of the molecule is OCc1cscc1-c1ccccc1Cl. The van der Waals surface area contributed by atoms with E-state index in [1.165, 1.54) is 0 Å². The van der Waals surface area contributed by atoms with E-state index in [1.807, 2.05) is 35.0 Å². The van der Waals surface area contributed by atoms with E-state index in [0.29, 0.717) is 0 Å². The Balaban J connectivity index is 2.54. The molecule has 1 aromatic carbocycles. The summed E-state index contributed by atoms with van der Waals surface area (Å²) in [6.07, 6.45) is 0. The highest BCUT2D eigenvalue weighted by atomic mass is 35.5. The maximum atomic E-state index is 9.12. The van der Waals surface area contributed by atoms with Crippen LogP contribution in [0.2, 0.25) is 5.02 Å². The van der Waals surface area contributed by atoms with Gasteiger partial charge in [0, 0.05) is 10.6 Å². The van der Waals surface area contributed by atoms with Gasteiger partial charge in [0.05, 0.1) is 6.61 Å². The molecule has 0 radical (unpaired) electrons. The van der Waals surface area contributed by atoms with E-state index in [4.69, 9.17) is 16.7 Å². The lowest BCUT2D eigenvalue weighted by Crippen LogP contribution is -1.84. The van der Waals surface area contributed by atoms with Crippen LogP contribution in [-0.4, -0.2) is 5.11 Å². The Hall–Kier alpha value is -0.830. The number of halogens is 1. The van der Waals surface area contributed by atoms with Crippen LogP contribution in [0, 0.1) is 0 Å². The maximum Gasteiger partial charge on any atom is 0.0696 e. The van der Waals surface area contributed by atoms with Crippen molar-refractivity contribution in [3.8, 4) is 11.1 Å². The zero-order valence-corrected chi connectivity index (χ0v) is 8.98. The minimum absolute atomic E-state index is 0.0596. The third-order valence-corrected chi connectivity index (χ3v) is 3.20. The largest absolute Gasteiger partial charge is 0.392 e. The van der Waals surface area contributed by atoms with Crippen LogP contribution in [0.4, 0.5) is 0 Å². The van der Waals surface area contributed by atoms with Crippen LogP contribution in [0.25, 0.3) is 11.1 Å². The Labute approximate surface area is 91.6 Å². The van der Waals surface area contributed by atoms with Gasteiger partial charge < -0.3 is 5.11 Å². The normalized spacial score (nSPS) is 10.4. The van der Waals surface area contributed by atoms with Gasteiger partial charge in [0.15, 0.2) is 0 Å². The highest BCUT2D eigenvalue weighted by Gasteiger charge is 2.07. The number of rotatable bonds is 2. The summed E-state index contributed by atoms with van der Waals surface area (Å²) < 4.78 is 0. The summed E-state index contributed by atoms with van der Waals surface area (Å²) in [5, 5.41) is 13.8. The van der Waals surface area contributed by atoms with Crippen LogP contribution < -0.4 is 0 Å². The highest BCUT2D eigenvalue weighted by Crippen LogP contribution is 2.32. The van der Waals surface area contributed by atoms with Gasteiger partial charge in [-0.25, -0.2) is 0 Å². The Morgan fingerprint density at radius 1 is 1.14 bits per heavy atom. The number of aliphatic hydroxyl groups excluding tert-OH is 1. The summed E-state index contributed by atoms with van der Waals surface area (Å²) in [6, 6.07) is 7.66. The van der Waals surface area contributed by atoms with Gasteiger partial charge in [0.2, 0.25) is 0 Å². The van der Waals surface area contributed by atoms with Gasteiger partial charge in [-0.15, -0.1) is 0 Å². The van der Waals surface area contributed by atoms with Crippen LogP contribution in [0.3, 0.4) is 0 Å². The lowest BCUT2D eigenvalue weighted by atomic mass is 10.1. The molecule has 0 aliphatic rings. The predicted octanol–water partition coefficient (Wildman–Crippen LogP) is 3.56. The van der Waals surface area contributed by atoms with Gasteiger partial charge in [-0.05, 0) is 28.0 Å². The molecule has 0 aliphatic carbocycles. The van der Waals surface area contributed by atoms with Crippen LogP contribution in [0.5, 0.6) is 0 Å². The Kier molecular flexibility index (Phi) is 2.87. The predicted molar refractivity (Wildman–Crippen MR) is 60.7 cm³/mol. The number of benzene rings is 1. The molecule has 1 heterocycles. The van der Waals surface area contributed by atoms with Crippen LogP contribution in [-0.2, 0) is 6.61 Å². The Morgan fingerprint density at radius 3 is 2.64 bits per heavy atom. The molecule has 0 saturated heterocycles. The first-order chi connectivity index (χ1) is 6.83. The smallest absolute Gasteiger partial charge is 0.0696 e. The summed E-state index contributed by atoms with van der Waals surface area (Å²) in [7, 11) is 0. The van der Waals surface area contributed by atoms with Crippen molar-refractivity contribution in [3.05, 3.63) is 45.6 Å². The maximum absolute atomic E-state index is 9.12. The lowest BCUT2D eigenvalue weighted by Gasteiger charge is -2.03. The van der Waals surface area contributed by atoms with E-state index in [0.717, 1.165) is 21.7 Å². The molecule has 3 heteroatoms. The molecule has 0 unspecified atom stereocenters. The van der Waals surface area contributed by atoms with Gasteiger partial charge in [0.25, 0.3) is 0 Å². The zero-order valence-electron chi connectivity index (χ0n) is 7.40. The molecule has 2 aromatic rings. The second-order valence-corrected chi connectivity index (χ2v) is 4.10. The minimum Gasteiger partial charge on any atom is -0.392 e. The van der Waals surface area contributed by atoms with Crippen molar-refractivity contribution in [2.45, 2.75) is 6.61 Å². The molecule has 0 spiro atoms. The second-order valence-electron chi connectivity index (χ2n) is 2.95. The van der Waals surface area contributed by atoms with Crippen LogP contribution in [0.1, 0.15) is 5.56 Å². The third-order valence-electron chi connectivity index (χ3n) is 2.08. The summed E-state index contributed by atoms with van der Waals surface area (Å²) >= 11 is 7.64. The molecule has 1 nitrogen and oxygen atoms in total. The van der Waals surface area contributed by atoms with Crippen molar-refractivity contribution in [2.75, 3.05) is 0 Å². The quantitative estimate of drug-likeness (QED) is 0.827. The molecule has 0 amide bonds. The van der Waals surface area contributed by atoms with Gasteiger partial charge in [-0.2, -0.15) is 11.3 Å². The van der Waals surface area contributed by atoms with Crippen molar-refractivity contribution < 1.29 is 5.11 Å². The summed E-state index contributed by atoms with van der Waals surface area (Å²) in [5.41, 5.74) is 2.95. The minimum atomic E-state index is 0.0596. The number of thiophene rings is 1. The molecule has 0 saturated carbocycles. The molecule has 2 rings (SSSR count).